The summed E-state index contributed by atoms with van der Waals surface area (Å²) in [5.41, 5.74) is 2.68. The first-order chi connectivity index (χ1) is 9.02. The van der Waals surface area contributed by atoms with Crippen LogP contribution in [0.5, 0.6) is 5.75 Å². The van der Waals surface area contributed by atoms with Crippen molar-refractivity contribution in [1.29, 1.82) is 0 Å². The molecule has 1 aromatic heterocycles. The van der Waals surface area contributed by atoms with E-state index in [1.54, 1.807) is 21.0 Å². The molecule has 0 saturated carbocycles. The number of aromatic nitrogens is 1. The molecular weight excluding hydrogens is 244 g/mol. The molecule has 100 valence electrons. The molecule has 0 radical (unpaired) electrons. The molecule has 1 amide bonds. The summed E-state index contributed by atoms with van der Waals surface area (Å²) >= 11 is 0. The second-order valence-corrected chi connectivity index (χ2v) is 4.37. The predicted molar refractivity (Wildman–Crippen MR) is 71.7 cm³/mol. The smallest absolute Gasteiger partial charge is 0.278 e. The summed E-state index contributed by atoms with van der Waals surface area (Å²) in [6.07, 6.45) is 0. The lowest BCUT2D eigenvalue weighted by Crippen LogP contribution is -2.14. The Kier molecular flexibility index (Phi) is 3.55. The molecule has 0 aliphatic carbocycles. The van der Waals surface area contributed by atoms with Crippen molar-refractivity contribution in [2.45, 2.75) is 20.8 Å². The van der Waals surface area contributed by atoms with E-state index >= 15 is 0 Å². The standard InChI is InChI=1S/C14H16N2O3/c1-8-5-6-12(18-4)11(7-8)15-14(17)13-9(2)10(3)19-16-13/h5-7H,1-4H3,(H,15,17). The molecule has 0 aliphatic heterocycles. The number of nitrogens with one attached hydrogen (secondary N) is 1. The molecule has 2 rings (SSSR count). The highest BCUT2D eigenvalue weighted by Gasteiger charge is 2.17. The third-order valence-corrected chi connectivity index (χ3v) is 2.98. The van der Waals surface area contributed by atoms with Crippen LogP contribution in [-0.2, 0) is 0 Å². The van der Waals surface area contributed by atoms with Crippen molar-refractivity contribution >= 4 is 11.6 Å². The Balaban J connectivity index is 2.28. The highest BCUT2D eigenvalue weighted by Crippen LogP contribution is 2.26. The van der Waals surface area contributed by atoms with Gasteiger partial charge in [0, 0.05) is 5.56 Å². The number of hydrogen-bond acceptors (Lipinski definition) is 4. The minimum absolute atomic E-state index is 0.293. The van der Waals surface area contributed by atoms with Crippen LogP contribution in [0.25, 0.3) is 0 Å². The molecule has 0 aliphatic rings. The van der Waals surface area contributed by atoms with E-state index in [0.29, 0.717) is 22.9 Å². The van der Waals surface area contributed by atoms with Crippen LogP contribution in [-0.4, -0.2) is 18.2 Å². The maximum Gasteiger partial charge on any atom is 0.278 e. The van der Waals surface area contributed by atoms with Gasteiger partial charge < -0.3 is 14.6 Å². The minimum Gasteiger partial charge on any atom is -0.495 e. The van der Waals surface area contributed by atoms with Crippen molar-refractivity contribution in [1.82, 2.24) is 5.16 Å². The predicted octanol–water partition coefficient (Wildman–Crippen LogP) is 2.86. The van der Waals surface area contributed by atoms with Gasteiger partial charge in [-0.1, -0.05) is 11.2 Å². The monoisotopic (exact) mass is 260 g/mol. The van der Waals surface area contributed by atoms with Crippen molar-refractivity contribution in [3.8, 4) is 5.75 Å². The molecule has 0 atom stereocenters. The number of ether oxygens (including phenoxy) is 1. The number of aryl methyl sites for hydroxylation is 2. The van der Waals surface area contributed by atoms with Gasteiger partial charge in [0.05, 0.1) is 12.8 Å². The Hall–Kier alpha value is -2.30. The fourth-order valence-corrected chi connectivity index (χ4v) is 1.73. The summed E-state index contributed by atoms with van der Waals surface area (Å²) in [4.78, 5) is 12.1. The highest BCUT2D eigenvalue weighted by atomic mass is 16.5. The van der Waals surface area contributed by atoms with Crippen LogP contribution >= 0.6 is 0 Å². The number of nitrogens with zero attached hydrogens (tertiary/aromatic N) is 1. The van der Waals surface area contributed by atoms with Crippen molar-refractivity contribution in [2.75, 3.05) is 12.4 Å². The van der Waals surface area contributed by atoms with E-state index < -0.39 is 0 Å². The molecular formula is C14H16N2O3. The van der Waals surface area contributed by atoms with E-state index in [1.807, 2.05) is 25.1 Å². The maximum atomic E-state index is 12.1. The number of hydrogen-bond donors (Lipinski definition) is 1. The quantitative estimate of drug-likeness (QED) is 0.921. The normalized spacial score (nSPS) is 10.3. The third-order valence-electron chi connectivity index (χ3n) is 2.98. The summed E-state index contributed by atoms with van der Waals surface area (Å²) in [6.45, 7) is 5.52. The summed E-state index contributed by atoms with van der Waals surface area (Å²) in [7, 11) is 1.56. The minimum atomic E-state index is -0.307. The zero-order chi connectivity index (χ0) is 14.0. The van der Waals surface area contributed by atoms with E-state index in [9.17, 15) is 4.79 Å². The SMILES string of the molecule is COc1ccc(C)cc1NC(=O)c1noc(C)c1C. The lowest BCUT2D eigenvalue weighted by Gasteiger charge is -2.10. The van der Waals surface area contributed by atoms with Gasteiger partial charge in [-0.05, 0) is 38.5 Å². The molecule has 1 heterocycles. The van der Waals surface area contributed by atoms with Crippen molar-refractivity contribution in [2.24, 2.45) is 0 Å². The van der Waals surface area contributed by atoms with Crippen LogP contribution < -0.4 is 10.1 Å². The van der Waals surface area contributed by atoms with E-state index in [0.717, 1.165) is 11.1 Å². The molecule has 0 bridgehead atoms. The number of amides is 1. The fourth-order valence-electron chi connectivity index (χ4n) is 1.73. The van der Waals surface area contributed by atoms with E-state index in [1.165, 1.54) is 0 Å². The molecule has 0 spiro atoms. The van der Waals surface area contributed by atoms with Gasteiger partial charge in [0.2, 0.25) is 0 Å². The van der Waals surface area contributed by atoms with E-state index in [-0.39, 0.29) is 5.91 Å². The second kappa shape index (κ2) is 5.14. The Bertz CT molecular complexity index is 617. The molecule has 0 fully saturated rings. The number of rotatable bonds is 3. The maximum absolute atomic E-state index is 12.1. The zero-order valence-electron chi connectivity index (χ0n) is 11.4. The fraction of sp³-hybridized carbons (Fsp3) is 0.286. The van der Waals surface area contributed by atoms with Gasteiger partial charge in [0.25, 0.3) is 5.91 Å². The second-order valence-electron chi connectivity index (χ2n) is 4.37. The summed E-state index contributed by atoms with van der Waals surface area (Å²) in [5.74, 6) is 0.941. The molecule has 1 aromatic carbocycles. The molecule has 1 N–H and O–H groups in total. The van der Waals surface area contributed by atoms with Crippen LogP contribution in [0, 0.1) is 20.8 Å². The summed E-state index contributed by atoms with van der Waals surface area (Å²) in [6, 6.07) is 5.57. The first-order valence-corrected chi connectivity index (χ1v) is 5.91. The van der Waals surface area contributed by atoms with Gasteiger partial charge in [-0.3, -0.25) is 4.79 Å². The molecule has 5 nitrogen and oxygen atoms in total. The third kappa shape index (κ3) is 2.59. The zero-order valence-corrected chi connectivity index (χ0v) is 11.4. The van der Waals surface area contributed by atoms with Crippen molar-refractivity contribution in [3.05, 3.63) is 40.8 Å². The van der Waals surface area contributed by atoms with Gasteiger partial charge >= 0.3 is 0 Å². The summed E-state index contributed by atoms with van der Waals surface area (Å²) in [5, 5.41) is 6.55. The molecule has 5 heteroatoms. The average Bonchev–Trinajstić information content (AvgIpc) is 2.70. The number of carbonyl (C=O) groups is 1. The number of anilines is 1. The Labute approximate surface area is 111 Å². The van der Waals surface area contributed by atoms with Gasteiger partial charge in [-0.25, -0.2) is 0 Å². The van der Waals surface area contributed by atoms with E-state index in [4.69, 9.17) is 9.26 Å². The number of benzene rings is 1. The largest absolute Gasteiger partial charge is 0.495 e. The molecule has 2 aromatic rings. The Morgan fingerprint density at radius 3 is 2.63 bits per heavy atom. The lowest BCUT2D eigenvalue weighted by atomic mass is 10.2. The Morgan fingerprint density at radius 1 is 1.32 bits per heavy atom. The van der Waals surface area contributed by atoms with Crippen LogP contribution in [0.4, 0.5) is 5.69 Å². The van der Waals surface area contributed by atoms with Gasteiger partial charge in [-0.15, -0.1) is 0 Å². The first-order valence-electron chi connectivity index (χ1n) is 5.91. The van der Waals surface area contributed by atoms with Crippen molar-refractivity contribution < 1.29 is 14.1 Å². The molecule has 0 unspecified atom stereocenters. The molecule has 0 saturated heterocycles. The highest BCUT2D eigenvalue weighted by molar-refractivity contribution is 6.04. The lowest BCUT2D eigenvalue weighted by molar-refractivity contribution is 0.101. The molecule has 19 heavy (non-hydrogen) atoms. The van der Waals surface area contributed by atoms with Crippen LogP contribution in [0.2, 0.25) is 0 Å². The van der Waals surface area contributed by atoms with Crippen molar-refractivity contribution in [3.63, 3.8) is 0 Å². The van der Waals surface area contributed by atoms with Crippen LogP contribution in [0.15, 0.2) is 22.7 Å². The van der Waals surface area contributed by atoms with Gasteiger partial charge in [0.1, 0.15) is 11.5 Å². The van der Waals surface area contributed by atoms with Gasteiger partial charge in [0.15, 0.2) is 5.69 Å². The summed E-state index contributed by atoms with van der Waals surface area (Å²) < 4.78 is 10.2. The van der Waals surface area contributed by atoms with Gasteiger partial charge in [-0.2, -0.15) is 0 Å². The van der Waals surface area contributed by atoms with Crippen LogP contribution in [0.1, 0.15) is 27.4 Å². The van der Waals surface area contributed by atoms with E-state index in [2.05, 4.69) is 10.5 Å². The number of carbonyl (C=O) groups excluding carboxylic acids is 1. The Morgan fingerprint density at radius 2 is 2.05 bits per heavy atom. The average molecular weight is 260 g/mol. The number of methoxy groups -OCH3 is 1. The van der Waals surface area contributed by atoms with Crippen LogP contribution in [0.3, 0.4) is 0 Å². The first kappa shape index (κ1) is 13.1. The topological polar surface area (TPSA) is 64.4 Å².